The van der Waals surface area contributed by atoms with Gasteiger partial charge in [-0.15, -0.1) is 0 Å². The second kappa shape index (κ2) is 6.51. The summed E-state index contributed by atoms with van der Waals surface area (Å²) in [4.78, 5) is 0. The fraction of sp³-hybridized carbons (Fsp3) is 0.538. The van der Waals surface area contributed by atoms with Gasteiger partial charge in [-0.05, 0) is 25.3 Å². The zero-order valence-corrected chi connectivity index (χ0v) is 10.0. The third kappa shape index (κ3) is 3.51. The Balaban J connectivity index is 2.56. The Morgan fingerprint density at radius 1 is 1.38 bits per heavy atom. The van der Waals surface area contributed by atoms with E-state index in [4.69, 9.17) is 5.11 Å². The van der Waals surface area contributed by atoms with E-state index in [2.05, 4.69) is 12.2 Å². The number of benzene rings is 1. The average Bonchev–Trinajstić information content (AvgIpc) is 2.29. The van der Waals surface area contributed by atoms with Crippen molar-refractivity contribution < 1.29 is 10.2 Å². The molecule has 0 spiro atoms. The fourth-order valence-corrected chi connectivity index (χ4v) is 1.72. The molecule has 1 aromatic carbocycles. The lowest BCUT2D eigenvalue weighted by atomic mass is 10.1. The van der Waals surface area contributed by atoms with Gasteiger partial charge in [-0.1, -0.05) is 25.1 Å². The predicted molar refractivity (Wildman–Crippen MR) is 65.5 cm³/mol. The van der Waals surface area contributed by atoms with Gasteiger partial charge in [-0.2, -0.15) is 0 Å². The molecule has 0 aliphatic carbocycles. The summed E-state index contributed by atoms with van der Waals surface area (Å²) in [5.41, 5.74) is 1.81. The molecule has 0 amide bonds. The Morgan fingerprint density at radius 3 is 2.75 bits per heavy atom. The topological polar surface area (TPSA) is 52.5 Å². The summed E-state index contributed by atoms with van der Waals surface area (Å²) in [5, 5.41) is 22.0. The smallest absolute Gasteiger partial charge is 0.122 e. The van der Waals surface area contributed by atoms with Crippen LogP contribution in [0.25, 0.3) is 0 Å². The van der Waals surface area contributed by atoms with Crippen LogP contribution >= 0.6 is 0 Å². The maximum atomic E-state index is 9.82. The normalized spacial score (nSPS) is 12.7. The van der Waals surface area contributed by atoms with Gasteiger partial charge in [0, 0.05) is 24.8 Å². The zero-order valence-electron chi connectivity index (χ0n) is 10.0. The van der Waals surface area contributed by atoms with E-state index in [1.165, 1.54) is 0 Å². The first-order valence-electron chi connectivity index (χ1n) is 5.80. The largest absolute Gasteiger partial charge is 0.507 e. The van der Waals surface area contributed by atoms with Crippen molar-refractivity contribution in [2.24, 2.45) is 0 Å². The van der Waals surface area contributed by atoms with Crippen molar-refractivity contribution in [3.63, 3.8) is 0 Å². The van der Waals surface area contributed by atoms with Crippen molar-refractivity contribution in [2.75, 3.05) is 6.61 Å². The van der Waals surface area contributed by atoms with Crippen LogP contribution in [0, 0.1) is 6.92 Å². The lowest BCUT2D eigenvalue weighted by Gasteiger charge is -2.16. The average molecular weight is 223 g/mol. The molecule has 3 heteroatoms. The van der Waals surface area contributed by atoms with E-state index >= 15 is 0 Å². The van der Waals surface area contributed by atoms with Crippen LogP contribution < -0.4 is 5.32 Å². The predicted octanol–water partition coefficient (Wildman–Crippen LogP) is 1.95. The molecule has 0 aliphatic heterocycles. The van der Waals surface area contributed by atoms with E-state index in [1.54, 1.807) is 0 Å². The van der Waals surface area contributed by atoms with Crippen molar-refractivity contribution in [3.05, 3.63) is 29.3 Å². The van der Waals surface area contributed by atoms with Crippen LogP contribution in [0.1, 0.15) is 30.9 Å². The van der Waals surface area contributed by atoms with Crippen LogP contribution in [0.2, 0.25) is 0 Å². The van der Waals surface area contributed by atoms with Gasteiger partial charge in [-0.25, -0.2) is 0 Å². The maximum Gasteiger partial charge on any atom is 0.122 e. The molecule has 3 nitrogen and oxygen atoms in total. The molecule has 1 rings (SSSR count). The van der Waals surface area contributed by atoms with Gasteiger partial charge in [0.1, 0.15) is 5.75 Å². The van der Waals surface area contributed by atoms with Crippen molar-refractivity contribution >= 4 is 0 Å². The first-order chi connectivity index (χ1) is 7.69. The first-order valence-corrected chi connectivity index (χ1v) is 5.80. The van der Waals surface area contributed by atoms with Crippen LogP contribution in [-0.4, -0.2) is 22.9 Å². The lowest BCUT2D eigenvalue weighted by Crippen LogP contribution is -2.28. The van der Waals surface area contributed by atoms with Gasteiger partial charge in [0.2, 0.25) is 0 Å². The number of nitrogens with one attached hydrogen (secondary N) is 1. The highest BCUT2D eigenvalue weighted by molar-refractivity contribution is 5.39. The molecule has 0 saturated heterocycles. The number of para-hydroxylation sites is 1. The number of aliphatic hydroxyl groups excluding tert-OH is 1. The number of aromatic hydroxyl groups is 1. The molecular formula is C13H21NO2. The minimum absolute atomic E-state index is 0.200. The van der Waals surface area contributed by atoms with Crippen LogP contribution in [-0.2, 0) is 6.54 Å². The molecule has 0 heterocycles. The van der Waals surface area contributed by atoms with E-state index < -0.39 is 0 Å². The minimum Gasteiger partial charge on any atom is -0.507 e. The van der Waals surface area contributed by atoms with Gasteiger partial charge in [0.25, 0.3) is 0 Å². The third-order valence-corrected chi connectivity index (χ3v) is 2.87. The molecule has 1 unspecified atom stereocenters. The summed E-state index contributed by atoms with van der Waals surface area (Å²) in [5.74, 6) is 0.369. The fourth-order valence-electron chi connectivity index (χ4n) is 1.72. The number of hydrogen-bond donors (Lipinski definition) is 3. The van der Waals surface area contributed by atoms with E-state index in [0.29, 0.717) is 18.3 Å². The molecule has 16 heavy (non-hydrogen) atoms. The van der Waals surface area contributed by atoms with Crippen LogP contribution in [0.3, 0.4) is 0 Å². The van der Waals surface area contributed by atoms with Crippen LogP contribution in [0.15, 0.2) is 18.2 Å². The Morgan fingerprint density at radius 2 is 2.12 bits per heavy atom. The summed E-state index contributed by atoms with van der Waals surface area (Å²) >= 11 is 0. The number of phenols is 1. The van der Waals surface area contributed by atoms with Gasteiger partial charge >= 0.3 is 0 Å². The molecule has 1 aromatic rings. The molecule has 0 aliphatic rings. The summed E-state index contributed by atoms with van der Waals surface area (Å²) in [6, 6.07) is 6.06. The van der Waals surface area contributed by atoms with Gasteiger partial charge in [0.15, 0.2) is 0 Å². The standard InChI is InChI=1S/C13H21NO2/c1-3-12(7-8-15)14-9-11-6-4-5-10(2)13(11)16/h4-6,12,14-16H,3,7-9H2,1-2H3. The summed E-state index contributed by atoms with van der Waals surface area (Å²) < 4.78 is 0. The summed E-state index contributed by atoms with van der Waals surface area (Å²) in [6.07, 6.45) is 1.73. The van der Waals surface area contributed by atoms with Gasteiger partial charge < -0.3 is 15.5 Å². The zero-order chi connectivity index (χ0) is 12.0. The van der Waals surface area contributed by atoms with E-state index in [1.807, 2.05) is 25.1 Å². The number of aryl methyl sites for hydroxylation is 1. The van der Waals surface area contributed by atoms with Crippen molar-refractivity contribution in [2.45, 2.75) is 39.3 Å². The van der Waals surface area contributed by atoms with Crippen molar-refractivity contribution in [1.29, 1.82) is 0 Å². The SMILES string of the molecule is CCC(CCO)NCc1cccc(C)c1O. The monoisotopic (exact) mass is 223 g/mol. The number of hydrogen-bond acceptors (Lipinski definition) is 3. The molecule has 0 bridgehead atoms. The van der Waals surface area contributed by atoms with E-state index in [-0.39, 0.29) is 6.61 Å². The Kier molecular flexibility index (Phi) is 5.29. The van der Waals surface area contributed by atoms with E-state index in [0.717, 1.165) is 24.0 Å². The molecule has 90 valence electrons. The molecule has 1 atom stereocenters. The Hall–Kier alpha value is -1.06. The number of phenolic OH excluding ortho intramolecular Hbond substituents is 1. The van der Waals surface area contributed by atoms with Crippen molar-refractivity contribution in [1.82, 2.24) is 5.32 Å². The first kappa shape index (κ1) is 13.0. The quantitative estimate of drug-likeness (QED) is 0.691. The Bertz CT molecular complexity index is 326. The molecular weight excluding hydrogens is 202 g/mol. The van der Waals surface area contributed by atoms with E-state index in [9.17, 15) is 5.11 Å². The van der Waals surface area contributed by atoms with Crippen LogP contribution in [0.4, 0.5) is 0 Å². The van der Waals surface area contributed by atoms with Crippen LogP contribution in [0.5, 0.6) is 5.75 Å². The second-order valence-corrected chi connectivity index (χ2v) is 4.08. The lowest BCUT2D eigenvalue weighted by molar-refractivity contribution is 0.261. The minimum atomic E-state index is 0.200. The Labute approximate surface area is 97.1 Å². The van der Waals surface area contributed by atoms with Gasteiger partial charge in [-0.3, -0.25) is 0 Å². The van der Waals surface area contributed by atoms with Gasteiger partial charge in [0.05, 0.1) is 0 Å². The maximum absolute atomic E-state index is 9.82. The molecule has 0 aromatic heterocycles. The number of rotatable bonds is 6. The molecule has 0 saturated carbocycles. The second-order valence-electron chi connectivity index (χ2n) is 4.08. The van der Waals surface area contributed by atoms with Crippen molar-refractivity contribution in [3.8, 4) is 5.75 Å². The summed E-state index contributed by atoms with van der Waals surface area (Å²) in [7, 11) is 0. The highest BCUT2D eigenvalue weighted by atomic mass is 16.3. The highest BCUT2D eigenvalue weighted by Crippen LogP contribution is 2.21. The number of aliphatic hydroxyl groups is 1. The molecule has 0 fully saturated rings. The molecule has 3 N–H and O–H groups in total. The molecule has 0 radical (unpaired) electrons. The summed E-state index contributed by atoms with van der Waals surface area (Å²) in [6.45, 7) is 4.82. The third-order valence-electron chi connectivity index (χ3n) is 2.87. The highest BCUT2D eigenvalue weighted by Gasteiger charge is 2.07.